The molecule has 0 N–H and O–H groups in total. The first kappa shape index (κ1) is 31.9. The zero-order chi connectivity index (χ0) is 37.0. The van der Waals surface area contributed by atoms with Gasteiger partial charge in [-0.15, -0.1) is 0 Å². The fraction of sp³-hybridized carbons (Fsp3) is 0. The first-order valence-electron chi connectivity index (χ1n) is 19.0. The molecular formula is C52H34N4. The SMILES string of the molecule is c1ccc(-c2cccc(-c3cc(-c4cccc(-c5ccccc5)c4)nc(-n4c5ccccc5c5cc6c7ccccc7n(-c7ccccc7)c6cc54)n3)c2)cc1. The van der Waals surface area contributed by atoms with Gasteiger partial charge in [0.25, 0.3) is 0 Å². The minimum Gasteiger partial charge on any atom is -0.309 e. The Morgan fingerprint density at radius 3 is 1.25 bits per heavy atom. The summed E-state index contributed by atoms with van der Waals surface area (Å²) in [5.41, 5.74) is 13.9. The van der Waals surface area contributed by atoms with Gasteiger partial charge in [0.15, 0.2) is 0 Å². The van der Waals surface area contributed by atoms with E-state index in [1.807, 2.05) is 0 Å². The lowest BCUT2D eigenvalue weighted by Gasteiger charge is -2.13. The number of rotatable bonds is 6. The van der Waals surface area contributed by atoms with Crippen LogP contribution in [0.25, 0.3) is 100 Å². The van der Waals surface area contributed by atoms with E-state index in [0.29, 0.717) is 5.95 Å². The second kappa shape index (κ2) is 13.1. The molecular weight excluding hydrogens is 681 g/mol. The summed E-state index contributed by atoms with van der Waals surface area (Å²) < 4.78 is 4.63. The fourth-order valence-corrected chi connectivity index (χ4v) is 8.31. The van der Waals surface area contributed by atoms with Crippen LogP contribution in [-0.4, -0.2) is 19.1 Å². The molecule has 262 valence electrons. The topological polar surface area (TPSA) is 35.6 Å². The largest absolute Gasteiger partial charge is 0.309 e. The summed E-state index contributed by atoms with van der Waals surface area (Å²) >= 11 is 0. The fourth-order valence-electron chi connectivity index (χ4n) is 8.31. The van der Waals surface area contributed by atoms with Crippen molar-refractivity contribution in [3.8, 4) is 56.4 Å². The van der Waals surface area contributed by atoms with Crippen LogP contribution in [0.5, 0.6) is 0 Å². The number of aromatic nitrogens is 4. The number of hydrogen-bond donors (Lipinski definition) is 0. The zero-order valence-electron chi connectivity index (χ0n) is 30.4. The summed E-state index contributed by atoms with van der Waals surface area (Å²) in [7, 11) is 0. The molecule has 3 heterocycles. The number of hydrogen-bond acceptors (Lipinski definition) is 2. The molecule has 0 unspecified atom stereocenters. The Morgan fingerprint density at radius 1 is 0.268 bits per heavy atom. The molecule has 4 heteroatoms. The van der Waals surface area contributed by atoms with Crippen molar-refractivity contribution >= 4 is 43.6 Å². The normalized spacial score (nSPS) is 11.6. The van der Waals surface area contributed by atoms with Crippen molar-refractivity contribution < 1.29 is 0 Å². The van der Waals surface area contributed by atoms with Gasteiger partial charge in [-0.3, -0.25) is 4.57 Å². The van der Waals surface area contributed by atoms with Crippen molar-refractivity contribution in [2.75, 3.05) is 0 Å². The highest BCUT2D eigenvalue weighted by Gasteiger charge is 2.21. The molecule has 0 saturated carbocycles. The van der Waals surface area contributed by atoms with Gasteiger partial charge >= 0.3 is 0 Å². The highest BCUT2D eigenvalue weighted by Crippen LogP contribution is 2.40. The van der Waals surface area contributed by atoms with Crippen molar-refractivity contribution in [1.29, 1.82) is 0 Å². The summed E-state index contributed by atoms with van der Waals surface area (Å²) in [5, 5.41) is 4.76. The number of benzene rings is 8. The second-order valence-corrected chi connectivity index (χ2v) is 14.3. The predicted molar refractivity (Wildman–Crippen MR) is 232 cm³/mol. The Hall–Kier alpha value is -7.56. The molecule has 0 fully saturated rings. The first-order valence-corrected chi connectivity index (χ1v) is 19.0. The van der Waals surface area contributed by atoms with Crippen LogP contribution in [-0.2, 0) is 0 Å². The van der Waals surface area contributed by atoms with Crippen molar-refractivity contribution in [1.82, 2.24) is 19.1 Å². The third-order valence-corrected chi connectivity index (χ3v) is 10.9. The average molecular weight is 715 g/mol. The van der Waals surface area contributed by atoms with Crippen molar-refractivity contribution in [2.24, 2.45) is 0 Å². The molecule has 0 saturated heterocycles. The smallest absolute Gasteiger partial charge is 0.235 e. The Labute approximate surface area is 324 Å². The van der Waals surface area contributed by atoms with Gasteiger partial charge in [-0.25, -0.2) is 9.97 Å². The molecule has 3 aromatic heterocycles. The van der Waals surface area contributed by atoms with Crippen molar-refractivity contribution in [3.05, 3.63) is 206 Å². The summed E-state index contributed by atoms with van der Waals surface area (Å²) in [6.45, 7) is 0. The predicted octanol–water partition coefficient (Wildman–Crippen LogP) is 13.3. The van der Waals surface area contributed by atoms with Crippen molar-refractivity contribution in [2.45, 2.75) is 0 Å². The number of nitrogens with zero attached hydrogens (tertiary/aromatic N) is 4. The Morgan fingerprint density at radius 2 is 0.696 bits per heavy atom. The molecule has 11 rings (SSSR count). The lowest BCUT2D eigenvalue weighted by Crippen LogP contribution is -2.04. The van der Waals surface area contributed by atoms with Gasteiger partial charge in [0.1, 0.15) is 0 Å². The number of fused-ring (bicyclic) bond motifs is 6. The highest BCUT2D eigenvalue weighted by molar-refractivity contribution is 6.19. The Balaban J connectivity index is 1.20. The van der Waals surface area contributed by atoms with Crippen LogP contribution >= 0.6 is 0 Å². The van der Waals surface area contributed by atoms with E-state index in [1.54, 1.807) is 0 Å². The van der Waals surface area contributed by atoms with Crippen LogP contribution in [0, 0.1) is 0 Å². The van der Waals surface area contributed by atoms with Crippen LogP contribution in [0.1, 0.15) is 0 Å². The maximum atomic E-state index is 5.44. The van der Waals surface area contributed by atoms with E-state index < -0.39 is 0 Å². The summed E-state index contributed by atoms with van der Waals surface area (Å²) in [4.78, 5) is 10.9. The van der Waals surface area contributed by atoms with Crippen LogP contribution in [0.4, 0.5) is 0 Å². The van der Waals surface area contributed by atoms with Gasteiger partial charge in [-0.05, 0) is 76.9 Å². The third-order valence-electron chi connectivity index (χ3n) is 10.9. The molecule has 4 nitrogen and oxygen atoms in total. The Kier molecular flexibility index (Phi) is 7.46. The molecule has 8 aromatic carbocycles. The monoisotopic (exact) mass is 714 g/mol. The van der Waals surface area contributed by atoms with Crippen molar-refractivity contribution in [3.63, 3.8) is 0 Å². The molecule has 0 atom stereocenters. The first-order chi connectivity index (χ1) is 27.8. The van der Waals surface area contributed by atoms with E-state index in [1.165, 1.54) is 27.4 Å². The summed E-state index contributed by atoms with van der Waals surface area (Å²) in [6, 6.07) is 73.2. The molecule has 0 radical (unpaired) electrons. The van der Waals surface area contributed by atoms with Gasteiger partial charge in [-0.1, -0.05) is 152 Å². The van der Waals surface area contributed by atoms with Gasteiger partial charge < -0.3 is 4.57 Å². The Bertz CT molecular complexity index is 3130. The van der Waals surface area contributed by atoms with Crippen LogP contribution in [0.2, 0.25) is 0 Å². The average Bonchev–Trinajstić information content (AvgIpc) is 3.78. The molecule has 0 spiro atoms. The van der Waals surface area contributed by atoms with E-state index in [0.717, 1.165) is 66.7 Å². The zero-order valence-corrected chi connectivity index (χ0v) is 30.4. The van der Waals surface area contributed by atoms with E-state index in [4.69, 9.17) is 9.97 Å². The maximum absolute atomic E-state index is 5.44. The van der Waals surface area contributed by atoms with Gasteiger partial charge in [0, 0.05) is 38.4 Å². The third kappa shape index (κ3) is 5.31. The molecule has 0 amide bonds. The molecule has 0 aliphatic carbocycles. The minimum atomic E-state index is 0.626. The molecule has 56 heavy (non-hydrogen) atoms. The number of para-hydroxylation sites is 3. The van der Waals surface area contributed by atoms with E-state index in [-0.39, 0.29) is 0 Å². The van der Waals surface area contributed by atoms with Crippen LogP contribution < -0.4 is 0 Å². The van der Waals surface area contributed by atoms with Crippen LogP contribution in [0.15, 0.2) is 206 Å². The van der Waals surface area contributed by atoms with Gasteiger partial charge in [-0.2, -0.15) is 0 Å². The van der Waals surface area contributed by atoms with E-state index in [9.17, 15) is 0 Å². The van der Waals surface area contributed by atoms with E-state index in [2.05, 4.69) is 215 Å². The lowest BCUT2D eigenvalue weighted by atomic mass is 9.99. The van der Waals surface area contributed by atoms with Gasteiger partial charge in [0.2, 0.25) is 5.95 Å². The van der Waals surface area contributed by atoms with Crippen LogP contribution in [0.3, 0.4) is 0 Å². The molecule has 11 aromatic rings. The maximum Gasteiger partial charge on any atom is 0.235 e. The second-order valence-electron chi connectivity index (χ2n) is 14.3. The molecule has 0 aliphatic heterocycles. The molecule has 0 aliphatic rings. The minimum absolute atomic E-state index is 0.626. The van der Waals surface area contributed by atoms with Gasteiger partial charge in [0.05, 0.1) is 33.5 Å². The highest BCUT2D eigenvalue weighted by atomic mass is 15.2. The van der Waals surface area contributed by atoms with E-state index >= 15 is 0 Å². The standard InChI is InChI=1S/C52H34N4/c1-4-16-35(17-5-1)37-20-14-22-39(30-37)46-33-47(40-23-15-21-38(31-40)36-18-6-2-7-19-36)54-52(53-46)56-49-29-13-11-27-43(49)45-32-44-42-26-10-12-28-48(42)55(50(44)34-51(45)56)41-24-8-3-9-25-41/h1-34H. The quantitative estimate of drug-likeness (QED) is 0.172. The lowest BCUT2D eigenvalue weighted by molar-refractivity contribution is 0.995. The summed E-state index contributed by atoms with van der Waals surface area (Å²) in [5.74, 6) is 0.626. The summed E-state index contributed by atoms with van der Waals surface area (Å²) in [6.07, 6.45) is 0. The molecule has 0 bridgehead atoms.